The lowest BCUT2D eigenvalue weighted by Crippen LogP contribution is -2.14. The molecular weight excluding hydrogens is 424 g/mol. The molecule has 0 bridgehead atoms. The van der Waals surface area contributed by atoms with Crippen LogP contribution in [0.2, 0.25) is 0 Å². The van der Waals surface area contributed by atoms with Crippen LogP contribution in [-0.4, -0.2) is 12.6 Å². The van der Waals surface area contributed by atoms with Crippen molar-refractivity contribution in [1.29, 1.82) is 0 Å². The molecule has 1 aromatic heterocycles. The van der Waals surface area contributed by atoms with Crippen LogP contribution < -0.4 is 5.43 Å². The van der Waals surface area contributed by atoms with Gasteiger partial charge in [0.25, 0.3) is 0 Å². The van der Waals surface area contributed by atoms with E-state index in [0.717, 1.165) is 25.0 Å². The predicted molar refractivity (Wildman–Crippen MR) is 137 cm³/mol. The molecule has 178 valence electrons. The Morgan fingerprint density at radius 1 is 1.06 bits per heavy atom. The summed E-state index contributed by atoms with van der Waals surface area (Å²) in [5.41, 5.74) is 2.72. The van der Waals surface area contributed by atoms with E-state index in [-0.39, 0.29) is 11.3 Å². The second kappa shape index (κ2) is 11.3. The van der Waals surface area contributed by atoms with Gasteiger partial charge in [-0.3, -0.25) is 4.79 Å². The highest BCUT2D eigenvalue weighted by atomic mass is 16.5. The van der Waals surface area contributed by atoms with E-state index in [2.05, 4.69) is 25.6 Å². The van der Waals surface area contributed by atoms with Gasteiger partial charge in [0.2, 0.25) is 0 Å². The zero-order valence-electron chi connectivity index (χ0n) is 20.1. The monoisotopic (exact) mass is 458 g/mol. The summed E-state index contributed by atoms with van der Waals surface area (Å²) >= 11 is 0. The van der Waals surface area contributed by atoms with Gasteiger partial charge in [0, 0.05) is 11.5 Å². The molecule has 0 radical (unpaired) electrons. The van der Waals surface area contributed by atoms with Crippen molar-refractivity contribution in [3.05, 3.63) is 93.9 Å². The summed E-state index contributed by atoms with van der Waals surface area (Å²) in [5, 5.41) is 0.423. The number of esters is 1. The molecule has 2 unspecified atom stereocenters. The lowest BCUT2D eigenvalue weighted by Gasteiger charge is -2.10. The van der Waals surface area contributed by atoms with Gasteiger partial charge in [-0.1, -0.05) is 75.4 Å². The Morgan fingerprint density at radius 3 is 2.59 bits per heavy atom. The normalized spacial score (nSPS) is 17.0. The number of hydrogen-bond donors (Lipinski definition) is 0. The number of fused-ring (bicyclic) bond motifs is 1. The maximum atomic E-state index is 13.4. The van der Waals surface area contributed by atoms with Crippen molar-refractivity contribution in [2.24, 2.45) is 0 Å². The molecule has 1 heterocycles. The van der Waals surface area contributed by atoms with Gasteiger partial charge in [-0.25, -0.2) is 4.79 Å². The highest BCUT2D eigenvalue weighted by Crippen LogP contribution is 2.55. The lowest BCUT2D eigenvalue weighted by atomic mass is 10.0. The maximum absolute atomic E-state index is 13.4. The largest absolute Gasteiger partial charge is 0.462 e. The van der Waals surface area contributed by atoms with Crippen molar-refractivity contribution in [1.82, 2.24) is 0 Å². The summed E-state index contributed by atoms with van der Waals surface area (Å²) in [7, 11) is 0. The molecule has 1 aliphatic rings. The van der Waals surface area contributed by atoms with Crippen LogP contribution in [0, 0.1) is 0 Å². The number of carbonyl (C=O) groups excluding carboxylic acids is 1. The van der Waals surface area contributed by atoms with Crippen molar-refractivity contribution in [3.63, 3.8) is 0 Å². The highest BCUT2D eigenvalue weighted by molar-refractivity contribution is 5.94. The minimum absolute atomic E-state index is 0.0829. The molecule has 0 amide bonds. The third-order valence-corrected chi connectivity index (χ3v) is 6.69. The van der Waals surface area contributed by atoms with Crippen LogP contribution in [-0.2, 0) is 11.2 Å². The molecule has 34 heavy (non-hydrogen) atoms. The van der Waals surface area contributed by atoms with Crippen LogP contribution >= 0.6 is 0 Å². The fourth-order valence-electron chi connectivity index (χ4n) is 4.70. The molecule has 1 fully saturated rings. The maximum Gasteiger partial charge on any atom is 0.338 e. The summed E-state index contributed by atoms with van der Waals surface area (Å²) in [5.74, 6) is 0.915. The molecule has 4 rings (SSSR count). The van der Waals surface area contributed by atoms with E-state index in [9.17, 15) is 9.59 Å². The molecule has 2 atom stereocenters. The van der Waals surface area contributed by atoms with E-state index in [4.69, 9.17) is 9.15 Å². The van der Waals surface area contributed by atoms with Crippen LogP contribution in [0.25, 0.3) is 11.0 Å². The van der Waals surface area contributed by atoms with Gasteiger partial charge in [0.05, 0.1) is 17.6 Å². The molecular formula is C30H34O4. The molecule has 3 aromatic rings. The third kappa shape index (κ3) is 5.49. The number of allylic oxidation sites excluding steroid dienone is 1. The van der Waals surface area contributed by atoms with Gasteiger partial charge in [0.1, 0.15) is 11.3 Å². The first-order valence-corrected chi connectivity index (χ1v) is 12.6. The average Bonchev–Trinajstić information content (AvgIpc) is 3.66. The van der Waals surface area contributed by atoms with Gasteiger partial charge in [0.15, 0.2) is 5.43 Å². The van der Waals surface area contributed by atoms with E-state index in [1.807, 2.05) is 18.2 Å². The zero-order valence-corrected chi connectivity index (χ0v) is 20.1. The average molecular weight is 459 g/mol. The first-order chi connectivity index (χ1) is 16.6. The number of ether oxygens (including phenoxy) is 1. The van der Waals surface area contributed by atoms with Crippen molar-refractivity contribution >= 4 is 16.9 Å². The molecule has 4 heteroatoms. The van der Waals surface area contributed by atoms with Crippen molar-refractivity contribution < 1.29 is 13.9 Å². The van der Waals surface area contributed by atoms with Gasteiger partial charge in [-0.2, -0.15) is 0 Å². The second-order valence-corrected chi connectivity index (χ2v) is 9.24. The van der Waals surface area contributed by atoms with Crippen LogP contribution in [0.5, 0.6) is 0 Å². The SMILES string of the molecule is C=CCc1c(C2CC2c2ccccc2)oc2ccc(C(=O)OCCCCCCCC)cc2c1=O. The fourth-order valence-corrected chi connectivity index (χ4v) is 4.70. The fraction of sp³-hybridized carbons (Fsp3) is 0.400. The number of carbonyl (C=O) groups is 1. The Bertz CT molecular complexity index is 1190. The molecule has 2 aromatic carbocycles. The Labute approximate surface area is 201 Å². The Balaban J connectivity index is 1.50. The molecule has 1 saturated carbocycles. The molecule has 0 spiro atoms. The summed E-state index contributed by atoms with van der Waals surface area (Å²) in [4.78, 5) is 26.0. The molecule has 1 aliphatic carbocycles. The van der Waals surface area contributed by atoms with E-state index in [1.54, 1.807) is 24.3 Å². The van der Waals surface area contributed by atoms with Gasteiger partial charge < -0.3 is 9.15 Å². The smallest absolute Gasteiger partial charge is 0.338 e. The topological polar surface area (TPSA) is 56.5 Å². The molecule has 4 nitrogen and oxygen atoms in total. The van der Waals surface area contributed by atoms with E-state index in [1.165, 1.54) is 31.2 Å². The highest BCUT2D eigenvalue weighted by Gasteiger charge is 2.43. The molecule has 0 N–H and O–H groups in total. The first-order valence-electron chi connectivity index (χ1n) is 12.6. The molecule has 0 aliphatic heterocycles. The minimum atomic E-state index is -0.393. The predicted octanol–water partition coefficient (Wildman–Crippen LogP) is 7.31. The minimum Gasteiger partial charge on any atom is -0.462 e. The van der Waals surface area contributed by atoms with E-state index < -0.39 is 5.97 Å². The van der Waals surface area contributed by atoms with Gasteiger partial charge >= 0.3 is 5.97 Å². The molecule has 0 saturated heterocycles. The Hall–Kier alpha value is -3.14. The summed E-state index contributed by atoms with van der Waals surface area (Å²) < 4.78 is 11.7. The van der Waals surface area contributed by atoms with E-state index >= 15 is 0 Å². The van der Waals surface area contributed by atoms with Crippen LogP contribution in [0.4, 0.5) is 0 Å². The van der Waals surface area contributed by atoms with Gasteiger partial charge in [-0.15, -0.1) is 6.58 Å². The standard InChI is InChI=1S/C30H34O4/c1-3-5-6-7-8-12-18-33-30(32)22-16-17-27-26(19-22)28(31)23(13-4-2)29(34-27)25-20-24(25)21-14-10-9-11-15-21/h4,9-11,14-17,19,24-25H,2-3,5-8,12-13,18,20H2,1H3. The first kappa shape index (κ1) is 24.0. The zero-order chi connectivity index (χ0) is 23.9. The summed E-state index contributed by atoms with van der Waals surface area (Å²) in [6.07, 6.45) is 9.94. The van der Waals surface area contributed by atoms with Crippen LogP contribution in [0.3, 0.4) is 0 Å². The number of unbranched alkanes of at least 4 members (excludes halogenated alkanes) is 5. The van der Waals surface area contributed by atoms with Crippen molar-refractivity contribution in [2.75, 3.05) is 6.61 Å². The number of rotatable bonds is 12. The third-order valence-electron chi connectivity index (χ3n) is 6.69. The van der Waals surface area contributed by atoms with Gasteiger partial charge in [-0.05, 0) is 48.9 Å². The van der Waals surface area contributed by atoms with Crippen molar-refractivity contribution in [2.45, 2.75) is 70.1 Å². The quantitative estimate of drug-likeness (QED) is 0.162. The Morgan fingerprint density at radius 2 is 1.82 bits per heavy atom. The van der Waals surface area contributed by atoms with Crippen LogP contribution in [0.15, 0.2) is 70.4 Å². The summed E-state index contributed by atoms with van der Waals surface area (Å²) in [6, 6.07) is 15.4. The number of benzene rings is 2. The second-order valence-electron chi connectivity index (χ2n) is 9.24. The summed E-state index contributed by atoms with van der Waals surface area (Å²) in [6.45, 7) is 6.43. The lowest BCUT2D eigenvalue weighted by molar-refractivity contribution is 0.0498. The number of hydrogen-bond acceptors (Lipinski definition) is 4. The van der Waals surface area contributed by atoms with Crippen LogP contribution in [0.1, 0.15) is 91.0 Å². The van der Waals surface area contributed by atoms with Crippen molar-refractivity contribution in [3.8, 4) is 0 Å². The Kier molecular flexibility index (Phi) is 7.99. The van der Waals surface area contributed by atoms with E-state index in [0.29, 0.717) is 41.0 Å².